The molecule has 3 atom stereocenters. The molecule has 0 aromatic rings. The molecule has 0 fully saturated rings. The third kappa shape index (κ3) is 10.5. The van der Waals surface area contributed by atoms with Crippen LogP contribution < -0.4 is 0 Å². The second-order valence-electron chi connectivity index (χ2n) is 5.99. The lowest BCUT2D eigenvalue weighted by Gasteiger charge is -2.14. The fraction of sp³-hybridized carbons (Fsp3) is 0.938. The van der Waals surface area contributed by atoms with Crippen LogP contribution in [0.3, 0.4) is 0 Å². The quantitative estimate of drug-likeness (QED) is 0.452. The van der Waals surface area contributed by atoms with Crippen molar-refractivity contribution in [3.63, 3.8) is 0 Å². The van der Waals surface area contributed by atoms with Gasteiger partial charge in [-0.15, -0.1) is 0 Å². The molecule has 1 nitrogen and oxygen atoms in total. The molecular formula is C16H32O. The monoisotopic (exact) mass is 240 g/mol. The van der Waals surface area contributed by atoms with E-state index in [1.54, 1.807) is 0 Å². The van der Waals surface area contributed by atoms with Gasteiger partial charge in [0.15, 0.2) is 0 Å². The van der Waals surface area contributed by atoms with E-state index in [0.29, 0.717) is 5.92 Å². The van der Waals surface area contributed by atoms with Crippen LogP contribution in [-0.2, 0) is 4.79 Å². The average Bonchev–Trinajstić information content (AvgIpc) is 2.29. The number of aldehydes is 1. The van der Waals surface area contributed by atoms with Crippen LogP contribution in [0.4, 0.5) is 0 Å². The Hall–Kier alpha value is -0.330. The molecule has 0 amide bonds. The molecular weight excluding hydrogens is 208 g/mol. The Morgan fingerprint density at radius 3 is 1.76 bits per heavy atom. The van der Waals surface area contributed by atoms with Crippen molar-refractivity contribution in [2.75, 3.05) is 0 Å². The van der Waals surface area contributed by atoms with E-state index in [-0.39, 0.29) is 0 Å². The highest BCUT2D eigenvalue weighted by molar-refractivity contribution is 5.49. The van der Waals surface area contributed by atoms with Crippen LogP contribution in [0.15, 0.2) is 0 Å². The largest absolute Gasteiger partial charge is 0.303 e. The van der Waals surface area contributed by atoms with Gasteiger partial charge >= 0.3 is 0 Å². The van der Waals surface area contributed by atoms with Gasteiger partial charge in [-0.25, -0.2) is 0 Å². The number of hydrogen-bond donors (Lipinski definition) is 0. The van der Waals surface area contributed by atoms with Crippen molar-refractivity contribution in [2.45, 2.75) is 79.1 Å². The van der Waals surface area contributed by atoms with Gasteiger partial charge < -0.3 is 4.79 Å². The molecule has 0 saturated heterocycles. The summed E-state index contributed by atoms with van der Waals surface area (Å²) in [5.41, 5.74) is 0. The summed E-state index contributed by atoms with van der Waals surface area (Å²) in [6.45, 7) is 9.19. The number of carbonyl (C=O) groups is 1. The lowest BCUT2D eigenvalue weighted by atomic mass is 9.92. The van der Waals surface area contributed by atoms with Gasteiger partial charge in [-0.3, -0.25) is 0 Å². The van der Waals surface area contributed by atoms with Gasteiger partial charge in [-0.05, 0) is 17.8 Å². The molecule has 102 valence electrons. The molecule has 0 rings (SSSR count). The van der Waals surface area contributed by atoms with Gasteiger partial charge in [0.1, 0.15) is 6.29 Å². The van der Waals surface area contributed by atoms with Gasteiger partial charge in [0, 0.05) is 6.42 Å². The first-order valence-corrected chi connectivity index (χ1v) is 7.53. The number of hydrogen-bond acceptors (Lipinski definition) is 1. The van der Waals surface area contributed by atoms with Gasteiger partial charge in [0.05, 0.1) is 0 Å². The molecule has 0 aliphatic carbocycles. The second-order valence-corrected chi connectivity index (χ2v) is 5.99. The first-order valence-electron chi connectivity index (χ1n) is 7.53. The summed E-state index contributed by atoms with van der Waals surface area (Å²) in [6.07, 6.45) is 11.1. The second kappa shape index (κ2) is 10.8. The van der Waals surface area contributed by atoms with Gasteiger partial charge in [-0.1, -0.05) is 72.6 Å². The Balaban J connectivity index is 3.40. The molecule has 1 heteroatoms. The van der Waals surface area contributed by atoms with E-state index in [2.05, 4.69) is 27.7 Å². The van der Waals surface area contributed by atoms with E-state index in [9.17, 15) is 4.79 Å². The summed E-state index contributed by atoms with van der Waals surface area (Å²) in [7, 11) is 0. The maximum Gasteiger partial charge on any atom is 0.120 e. The zero-order valence-electron chi connectivity index (χ0n) is 12.4. The minimum atomic E-state index is 0.583. The van der Waals surface area contributed by atoms with E-state index in [1.165, 1.54) is 44.9 Å². The molecule has 3 unspecified atom stereocenters. The van der Waals surface area contributed by atoms with Crippen LogP contribution in [0.1, 0.15) is 79.1 Å². The van der Waals surface area contributed by atoms with Crippen LogP contribution in [0, 0.1) is 17.8 Å². The lowest BCUT2D eigenvalue weighted by Crippen LogP contribution is -2.00. The Kier molecular flexibility index (Phi) is 10.6. The molecule has 0 radical (unpaired) electrons. The van der Waals surface area contributed by atoms with E-state index in [4.69, 9.17) is 0 Å². The lowest BCUT2D eigenvalue weighted by molar-refractivity contribution is -0.108. The highest BCUT2D eigenvalue weighted by Gasteiger charge is 2.06. The predicted octanol–water partition coefficient (Wildman–Crippen LogP) is 5.23. The first-order chi connectivity index (χ1) is 8.10. The Bertz CT molecular complexity index is 176. The fourth-order valence-electron chi connectivity index (χ4n) is 2.26. The number of carbonyl (C=O) groups excluding carboxylic acids is 1. The molecule has 0 aliphatic rings. The smallest absolute Gasteiger partial charge is 0.120 e. The maximum absolute atomic E-state index is 10.3. The van der Waals surface area contributed by atoms with Crippen molar-refractivity contribution in [1.82, 2.24) is 0 Å². The first kappa shape index (κ1) is 16.7. The molecule has 0 spiro atoms. The van der Waals surface area contributed by atoms with Crippen LogP contribution in [0.2, 0.25) is 0 Å². The van der Waals surface area contributed by atoms with Crippen molar-refractivity contribution in [3.8, 4) is 0 Å². The van der Waals surface area contributed by atoms with E-state index in [0.717, 1.165) is 24.5 Å². The highest BCUT2D eigenvalue weighted by atomic mass is 16.1. The normalized spacial score (nSPS) is 16.5. The minimum Gasteiger partial charge on any atom is -0.303 e. The summed E-state index contributed by atoms with van der Waals surface area (Å²) in [5, 5.41) is 0. The van der Waals surface area contributed by atoms with E-state index >= 15 is 0 Å². The van der Waals surface area contributed by atoms with Gasteiger partial charge in [0.25, 0.3) is 0 Å². The Labute approximate surface area is 108 Å². The summed E-state index contributed by atoms with van der Waals surface area (Å²) in [5.74, 6) is 2.34. The number of rotatable bonds is 11. The molecule has 0 aromatic carbocycles. The molecule has 0 bridgehead atoms. The third-order valence-electron chi connectivity index (χ3n) is 3.98. The van der Waals surface area contributed by atoms with E-state index < -0.39 is 0 Å². The highest BCUT2D eigenvalue weighted by Crippen LogP contribution is 2.20. The van der Waals surface area contributed by atoms with Crippen molar-refractivity contribution in [3.05, 3.63) is 0 Å². The summed E-state index contributed by atoms with van der Waals surface area (Å²) in [6, 6.07) is 0. The SMILES string of the molecule is CCC(C)CCCC(C)CCCC(C)CC=O. The van der Waals surface area contributed by atoms with Gasteiger partial charge in [0.2, 0.25) is 0 Å². The maximum atomic E-state index is 10.3. The Morgan fingerprint density at radius 2 is 1.29 bits per heavy atom. The summed E-state index contributed by atoms with van der Waals surface area (Å²) < 4.78 is 0. The molecule has 0 aliphatic heterocycles. The summed E-state index contributed by atoms with van der Waals surface area (Å²) >= 11 is 0. The summed E-state index contributed by atoms with van der Waals surface area (Å²) in [4.78, 5) is 10.3. The van der Waals surface area contributed by atoms with Crippen LogP contribution in [0.25, 0.3) is 0 Å². The molecule has 0 aromatic heterocycles. The van der Waals surface area contributed by atoms with Crippen molar-refractivity contribution in [1.29, 1.82) is 0 Å². The standard InChI is InChI=1S/C16H32O/c1-5-14(2)8-6-9-15(3)10-7-11-16(4)12-13-17/h13-16H,5-12H2,1-4H3. The van der Waals surface area contributed by atoms with Crippen LogP contribution in [-0.4, -0.2) is 6.29 Å². The van der Waals surface area contributed by atoms with E-state index in [1.807, 2.05) is 0 Å². The molecule has 0 heterocycles. The van der Waals surface area contributed by atoms with Crippen molar-refractivity contribution >= 4 is 6.29 Å². The van der Waals surface area contributed by atoms with Crippen LogP contribution in [0.5, 0.6) is 0 Å². The zero-order valence-corrected chi connectivity index (χ0v) is 12.4. The minimum absolute atomic E-state index is 0.583. The Morgan fingerprint density at radius 1 is 0.824 bits per heavy atom. The fourth-order valence-corrected chi connectivity index (χ4v) is 2.26. The van der Waals surface area contributed by atoms with Crippen molar-refractivity contribution < 1.29 is 4.79 Å². The van der Waals surface area contributed by atoms with Crippen LogP contribution >= 0.6 is 0 Å². The molecule has 17 heavy (non-hydrogen) atoms. The zero-order chi connectivity index (χ0) is 13.1. The molecule has 0 N–H and O–H groups in total. The van der Waals surface area contributed by atoms with Gasteiger partial charge in [-0.2, -0.15) is 0 Å². The third-order valence-corrected chi connectivity index (χ3v) is 3.98. The predicted molar refractivity (Wildman–Crippen MR) is 76.2 cm³/mol. The molecule has 0 saturated carbocycles. The van der Waals surface area contributed by atoms with Crippen molar-refractivity contribution in [2.24, 2.45) is 17.8 Å². The average molecular weight is 240 g/mol. The topological polar surface area (TPSA) is 17.1 Å².